The van der Waals surface area contributed by atoms with Gasteiger partial charge in [0.25, 0.3) is 11.5 Å². The molecule has 0 radical (unpaired) electrons. The van der Waals surface area contributed by atoms with Crippen LogP contribution in [0.15, 0.2) is 35.1 Å². The zero-order valence-electron chi connectivity index (χ0n) is 19.1. The molecule has 0 spiro atoms. The SMILES string of the molecule is CCCCn1c2c(cc(C(=O)NC(C)(C)Cc3ccc(F)cc3)c1=O)CCCCCC2. The molecule has 2 aromatic rings. The Bertz CT molecular complexity index is 961. The number of fused-ring (bicyclic) bond motifs is 1. The molecule has 1 amide bonds. The van der Waals surface area contributed by atoms with E-state index in [1.54, 1.807) is 12.1 Å². The third-order valence-electron chi connectivity index (χ3n) is 6.09. The summed E-state index contributed by atoms with van der Waals surface area (Å²) in [6, 6.07) is 8.15. The van der Waals surface area contributed by atoms with E-state index in [4.69, 9.17) is 0 Å². The van der Waals surface area contributed by atoms with E-state index in [2.05, 4.69) is 12.2 Å². The lowest BCUT2D eigenvalue weighted by Crippen LogP contribution is -2.47. The topological polar surface area (TPSA) is 51.1 Å². The fraction of sp³-hybridized carbons (Fsp3) is 0.538. The van der Waals surface area contributed by atoms with E-state index in [1.165, 1.54) is 25.0 Å². The predicted molar refractivity (Wildman–Crippen MR) is 123 cm³/mol. The van der Waals surface area contributed by atoms with Gasteiger partial charge in [-0.05, 0) is 81.7 Å². The summed E-state index contributed by atoms with van der Waals surface area (Å²) >= 11 is 0. The van der Waals surface area contributed by atoms with Gasteiger partial charge >= 0.3 is 0 Å². The summed E-state index contributed by atoms with van der Waals surface area (Å²) in [6.07, 6.45) is 8.88. The number of pyridine rings is 1. The predicted octanol–water partition coefficient (Wildman–Crippen LogP) is 5.20. The molecule has 0 aliphatic heterocycles. The molecule has 0 fully saturated rings. The lowest BCUT2D eigenvalue weighted by atomic mass is 9.93. The average molecular weight is 427 g/mol. The second-order valence-corrected chi connectivity index (χ2v) is 9.40. The molecule has 0 unspecified atom stereocenters. The Morgan fingerprint density at radius 2 is 1.77 bits per heavy atom. The lowest BCUT2D eigenvalue weighted by molar-refractivity contribution is 0.0910. The average Bonchev–Trinajstić information content (AvgIpc) is 2.69. The summed E-state index contributed by atoms with van der Waals surface area (Å²) in [7, 11) is 0. The molecular weight excluding hydrogens is 391 g/mol. The van der Waals surface area contributed by atoms with Gasteiger partial charge in [-0.25, -0.2) is 4.39 Å². The van der Waals surface area contributed by atoms with E-state index in [0.29, 0.717) is 13.0 Å². The number of carbonyl (C=O) groups excluding carboxylic acids is 1. The van der Waals surface area contributed by atoms with Crippen molar-refractivity contribution in [2.45, 2.75) is 90.6 Å². The van der Waals surface area contributed by atoms with Crippen molar-refractivity contribution in [1.29, 1.82) is 0 Å². The summed E-state index contributed by atoms with van der Waals surface area (Å²) < 4.78 is 15.1. The summed E-state index contributed by atoms with van der Waals surface area (Å²) in [4.78, 5) is 26.5. The first-order valence-corrected chi connectivity index (χ1v) is 11.6. The Balaban J connectivity index is 1.89. The Hall–Kier alpha value is -2.43. The minimum Gasteiger partial charge on any atom is -0.347 e. The van der Waals surface area contributed by atoms with Crippen LogP contribution in [0.1, 0.15) is 86.5 Å². The standard InChI is InChI=1S/C26H35FN2O2/c1-4-5-16-29-23-11-9-7-6-8-10-20(23)17-22(25(29)31)24(30)28-26(2,3)18-19-12-14-21(27)15-13-19/h12-15,17H,4-11,16,18H2,1-3H3,(H,28,30). The molecular formula is C26H35FN2O2. The smallest absolute Gasteiger partial charge is 0.263 e. The van der Waals surface area contributed by atoms with Gasteiger partial charge < -0.3 is 9.88 Å². The maximum absolute atomic E-state index is 13.3. The highest BCUT2D eigenvalue weighted by Crippen LogP contribution is 2.21. The summed E-state index contributed by atoms with van der Waals surface area (Å²) in [5, 5.41) is 3.05. The second kappa shape index (κ2) is 10.3. The van der Waals surface area contributed by atoms with Crippen molar-refractivity contribution < 1.29 is 9.18 Å². The molecule has 0 saturated heterocycles. The number of aromatic nitrogens is 1. The van der Waals surface area contributed by atoms with Crippen molar-refractivity contribution in [2.24, 2.45) is 0 Å². The molecule has 0 atom stereocenters. The van der Waals surface area contributed by atoms with Crippen LogP contribution in [0.4, 0.5) is 4.39 Å². The lowest BCUT2D eigenvalue weighted by Gasteiger charge is -2.27. The second-order valence-electron chi connectivity index (χ2n) is 9.40. The molecule has 1 aliphatic carbocycles. The maximum atomic E-state index is 13.3. The normalized spacial score (nSPS) is 14.5. The molecule has 1 N–H and O–H groups in total. The van der Waals surface area contributed by atoms with Gasteiger partial charge in [-0.15, -0.1) is 0 Å². The van der Waals surface area contributed by atoms with Crippen LogP contribution >= 0.6 is 0 Å². The van der Waals surface area contributed by atoms with E-state index in [1.807, 2.05) is 24.5 Å². The van der Waals surface area contributed by atoms with Crippen LogP contribution < -0.4 is 10.9 Å². The van der Waals surface area contributed by atoms with Crippen molar-refractivity contribution in [3.05, 3.63) is 68.9 Å². The minimum atomic E-state index is -0.570. The third kappa shape index (κ3) is 6.05. The highest BCUT2D eigenvalue weighted by molar-refractivity contribution is 5.94. The Kier molecular flexibility index (Phi) is 7.69. The van der Waals surface area contributed by atoms with Crippen molar-refractivity contribution >= 4 is 5.91 Å². The number of amides is 1. The fourth-order valence-corrected chi connectivity index (χ4v) is 4.48. The molecule has 1 aliphatic rings. The number of nitrogens with zero attached hydrogens (tertiary/aromatic N) is 1. The Morgan fingerprint density at radius 3 is 2.45 bits per heavy atom. The quantitative estimate of drug-likeness (QED) is 0.662. The minimum absolute atomic E-state index is 0.178. The zero-order chi connectivity index (χ0) is 22.4. The summed E-state index contributed by atoms with van der Waals surface area (Å²) in [6.45, 7) is 6.63. The Morgan fingerprint density at radius 1 is 1.10 bits per heavy atom. The van der Waals surface area contributed by atoms with Gasteiger partial charge in [0.2, 0.25) is 0 Å². The zero-order valence-corrected chi connectivity index (χ0v) is 19.1. The molecule has 0 saturated carbocycles. The number of carbonyl (C=O) groups is 1. The van der Waals surface area contributed by atoms with Crippen LogP contribution in [0.5, 0.6) is 0 Å². The van der Waals surface area contributed by atoms with Crippen molar-refractivity contribution in [1.82, 2.24) is 9.88 Å². The van der Waals surface area contributed by atoms with E-state index in [-0.39, 0.29) is 22.8 Å². The van der Waals surface area contributed by atoms with Crippen LogP contribution in [0.3, 0.4) is 0 Å². The molecule has 31 heavy (non-hydrogen) atoms. The fourth-order valence-electron chi connectivity index (χ4n) is 4.48. The number of nitrogens with one attached hydrogen (secondary N) is 1. The van der Waals surface area contributed by atoms with Crippen LogP contribution in [0.2, 0.25) is 0 Å². The molecule has 1 aromatic carbocycles. The number of hydrogen-bond donors (Lipinski definition) is 1. The first-order chi connectivity index (χ1) is 14.8. The molecule has 1 heterocycles. The van der Waals surface area contributed by atoms with Crippen LogP contribution in [0.25, 0.3) is 0 Å². The number of hydrogen-bond acceptors (Lipinski definition) is 2. The van der Waals surface area contributed by atoms with Crippen molar-refractivity contribution in [3.63, 3.8) is 0 Å². The summed E-state index contributed by atoms with van der Waals surface area (Å²) in [5.74, 6) is -0.605. The third-order valence-corrected chi connectivity index (χ3v) is 6.09. The van der Waals surface area contributed by atoms with Gasteiger partial charge in [0, 0.05) is 17.8 Å². The molecule has 0 bridgehead atoms. The van der Waals surface area contributed by atoms with Gasteiger partial charge in [-0.2, -0.15) is 0 Å². The van der Waals surface area contributed by atoms with Gasteiger partial charge in [0.15, 0.2) is 0 Å². The van der Waals surface area contributed by atoms with E-state index in [9.17, 15) is 14.0 Å². The number of rotatable bonds is 7. The molecule has 5 heteroatoms. The highest BCUT2D eigenvalue weighted by Gasteiger charge is 2.25. The van der Waals surface area contributed by atoms with Crippen molar-refractivity contribution in [2.75, 3.05) is 0 Å². The van der Waals surface area contributed by atoms with Crippen molar-refractivity contribution in [3.8, 4) is 0 Å². The van der Waals surface area contributed by atoms with Crippen LogP contribution in [0, 0.1) is 5.82 Å². The molecule has 168 valence electrons. The molecule has 4 nitrogen and oxygen atoms in total. The van der Waals surface area contributed by atoms with Gasteiger partial charge in [0.1, 0.15) is 11.4 Å². The van der Waals surface area contributed by atoms with E-state index >= 15 is 0 Å². The Labute approximate surface area is 184 Å². The first-order valence-electron chi connectivity index (χ1n) is 11.6. The number of unbranched alkanes of at least 4 members (excludes halogenated alkanes) is 1. The summed E-state index contributed by atoms with van der Waals surface area (Å²) in [5.41, 5.74) is 2.70. The van der Waals surface area contributed by atoms with E-state index in [0.717, 1.165) is 55.3 Å². The monoisotopic (exact) mass is 426 g/mol. The first kappa shape index (κ1) is 23.2. The van der Waals surface area contributed by atoms with Crippen LogP contribution in [-0.2, 0) is 25.8 Å². The number of benzene rings is 1. The van der Waals surface area contributed by atoms with E-state index < -0.39 is 5.54 Å². The highest BCUT2D eigenvalue weighted by atomic mass is 19.1. The number of halogens is 1. The molecule has 1 aromatic heterocycles. The number of aryl methyl sites for hydroxylation is 1. The van der Waals surface area contributed by atoms with Gasteiger partial charge in [-0.3, -0.25) is 9.59 Å². The van der Waals surface area contributed by atoms with Gasteiger partial charge in [0.05, 0.1) is 0 Å². The molecule has 3 rings (SSSR count). The van der Waals surface area contributed by atoms with Gasteiger partial charge in [-0.1, -0.05) is 38.3 Å². The maximum Gasteiger partial charge on any atom is 0.263 e. The van der Waals surface area contributed by atoms with Crippen LogP contribution in [-0.4, -0.2) is 16.0 Å². The largest absolute Gasteiger partial charge is 0.347 e.